The normalized spacial score (nSPS) is 11.6. The minimum atomic E-state index is -1.05. The van der Waals surface area contributed by atoms with E-state index in [0.29, 0.717) is 33.3 Å². The third kappa shape index (κ3) is 4.49. The highest BCUT2D eigenvalue weighted by Gasteiger charge is 2.24. The van der Waals surface area contributed by atoms with Gasteiger partial charge in [-0.2, -0.15) is 0 Å². The van der Waals surface area contributed by atoms with Gasteiger partial charge in [0.15, 0.2) is 11.9 Å². The topological polar surface area (TPSA) is 97.5 Å². The summed E-state index contributed by atoms with van der Waals surface area (Å²) >= 11 is 6.02. The SMILES string of the molecule is COc1ccc(NC(=O)[C@@H](C)OC(=O)c2[nH]c(C)c(C(C)=O)c2C)cc1Cl. The van der Waals surface area contributed by atoms with Gasteiger partial charge in [0, 0.05) is 16.9 Å². The number of ether oxygens (including phenoxy) is 2. The van der Waals surface area contributed by atoms with E-state index in [4.69, 9.17) is 21.1 Å². The summed E-state index contributed by atoms with van der Waals surface area (Å²) in [6.45, 7) is 6.23. The maximum Gasteiger partial charge on any atom is 0.355 e. The van der Waals surface area contributed by atoms with E-state index in [1.54, 1.807) is 26.0 Å². The first-order valence-corrected chi connectivity index (χ1v) is 8.59. The number of nitrogens with one attached hydrogen (secondary N) is 2. The molecule has 1 atom stereocenters. The Morgan fingerprint density at radius 3 is 2.41 bits per heavy atom. The Labute approximate surface area is 162 Å². The van der Waals surface area contributed by atoms with Gasteiger partial charge in [-0.05, 0) is 51.5 Å². The Balaban J connectivity index is 2.08. The molecule has 2 rings (SSSR count). The van der Waals surface area contributed by atoms with Crippen LogP contribution in [0.2, 0.25) is 5.02 Å². The molecule has 144 valence electrons. The van der Waals surface area contributed by atoms with Crippen LogP contribution in [0, 0.1) is 13.8 Å². The number of esters is 1. The van der Waals surface area contributed by atoms with Gasteiger partial charge in [0.2, 0.25) is 0 Å². The highest BCUT2D eigenvalue weighted by Crippen LogP contribution is 2.27. The Morgan fingerprint density at radius 2 is 1.89 bits per heavy atom. The Morgan fingerprint density at radius 1 is 1.22 bits per heavy atom. The van der Waals surface area contributed by atoms with Crippen molar-refractivity contribution in [3.05, 3.63) is 45.7 Å². The molecular formula is C19H21ClN2O5. The average molecular weight is 393 g/mol. The molecule has 0 radical (unpaired) electrons. The number of hydrogen-bond acceptors (Lipinski definition) is 5. The van der Waals surface area contributed by atoms with Crippen LogP contribution in [0.4, 0.5) is 5.69 Å². The molecule has 0 fully saturated rings. The highest BCUT2D eigenvalue weighted by atomic mass is 35.5. The lowest BCUT2D eigenvalue weighted by molar-refractivity contribution is -0.123. The molecule has 1 aromatic heterocycles. The number of halogens is 1. The number of aromatic nitrogens is 1. The number of H-pyrrole nitrogens is 1. The summed E-state index contributed by atoms with van der Waals surface area (Å²) in [5, 5.41) is 2.96. The average Bonchev–Trinajstić information content (AvgIpc) is 2.89. The van der Waals surface area contributed by atoms with Crippen LogP contribution in [-0.4, -0.2) is 35.9 Å². The molecule has 2 N–H and O–H groups in total. The Hall–Kier alpha value is -2.80. The number of carbonyl (C=O) groups is 3. The molecule has 0 aliphatic carbocycles. The predicted octanol–water partition coefficient (Wildman–Crippen LogP) is 3.68. The van der Waals surface area contributed by atoms with Crippen LogP contribution in [0.15, 0.2) is 18.2 Å². The molecule has 0 unspecified atom stereocenters. The van der Waals surface area contributed by atoms with E-state index in [0.717, 1.165) is 0 Å². The number of amides is 1. The summed E-state index contributed by atoms with van der Waals surface area (Å²) in [6, 6.07) is 4.77. The number of Topliss-reactive ketones (excluding diaryl/α,β-unsaturated/α-hetero) is 1. The molecule has 0 aliphatic rings. The Kier molecular flexibility index (Phi) is 6.28. The molecule has 1 aromatic carbocycles. The van der Waals surface area contributed by atoms with Crippen molar-refractivity contribution in [1.82, 2.24) is 4.98 Å². The van der Waals surface area contributed by atoms with Gasteiger partial charge in [-0.1, -0.05) is 11.6 Å². The second-order valence-electron chi connectivity index (χ2n) is 6.07. The first-order valence-electron chi connectivity index (χ1n) is 8.21. The number of benzene rings is 1. The van der Waals surface area contributed by atoms with Gasteiger partial charge in [-0.3, -0.25) is 9.59 Å². The van der Waals surface area contributed by atoms with Gasteiger partial charge >= 0.3 is 5.97 Å². The number of ketones is 1. The van der Waals surface area contributed by atoms with Gasteiger partial charge in [-0.25, -0.2) is 4.79 Å². The fourth-order valence-electron chi connectivity index (χ4n) is 2.74. The molecule has 0 bridgehead atoms. The summed E-state index contributed by atoms with van der Waals surface area (Å²) in [7, 11) is 1.49. The molecular weight excluding hydrogens is 372 g/mol. The predicted molar refractivity (Wildman–Crippen MR) is 102 cm³/mol. The van der Waals surface area contributed by atoms with Crippen molar-refractivity contribution in [1.29, 1.82) is 0 Å². The van der Waals surface area contributed by atoms with E-state index in [-0.39, 0.29) is 11.5 Å². The van der Waals surface area contributed by atoms with Crippen molar-refractivity contribution in [3.63, 3.8) is 0 Å². The second-order valence-corrected chi connectivity index (χ2v) is 6.47. The summed E-state index contributed by atoms with van der Waals surface area (Å²) in [4.78, 5) is 39.2. The van der Waals surface area contributed by atoms with Crippen molar-refractivity contribution in [2.24, 2.45) is 0 Å². The van der Waals surface area contributed by atoms with Crippen molar-refractivity contribution in [2.45, 2.75) is 33.8 Å². The molecule has 0 saturated carbocycles. The van der Waals surface area contributed by atoms with Crippen molar-refractivity contribution >= 4 is 34.9 Å². The van der Waals surface area contributed by atoms with Gasteiger partial charge in [0.25, 0.3) is 5.91 Å². The number of aromatic amines is 1. The molecule has 8 heteroatoms. The van der Waals surface area contributed by atoms with Crippen LogP contribution in [0.3, 0.4) is 0 Å². The van der Waals surface area contributed by atoms with Crippen LogP contribution in [-0.2, 0) is 9.53 Å². The smallest absolute Gasteiger partial charge is 0.355 e. The van der Waals surface area contributed by atoms with Crippen LogP contribution in [0.1, 0.15) is 46.0 Å². The fourth-order valence-corrected chi connectivity index (χ4v) is 3.00. The molecule has 2 aromatic rings. The lowest BCUT2D eigenvalue weighted by Gasteiger charge is -2.14. The van der Waals surface area contributed by atoms with Crippen LogP contribution < -0.4 is 10.1 Å². The van der Waals surface area contributed by atoms with Crippen molar-refractivity contribution < 1.29 is 23.9 Å². The number of carbonyl (C=O) groups excluding carboxylic acids is 3. The maximum atomic E-state index is 12.4. The molecule has 1 amide bonds. The van der Waals surface area contributed by atoms with Gasteiger partial charge in [0.05, 0.1) is 12.1 Å². The summed E-state index contributed by atoms with van der Waals surface area (Å²) < 4.78 is 10.3. The van der Waals surface area contributed by atoms with E-state index < -0.39 is 18.0 Å². The third-order valence-electron chi connectivity index (χ3n) is 4.07. The number of aryl methyl sites for hydroxylation is 1. The molecule has 1 heterocycles. The Bertz CT molecular complexity index is 904. The number of methoxy groups -OCH3 is 1. The van der Waals surface area contributed by atoms with E-state index in [1.165, 1.54) is 27.0 Å². The highest BCUT2D eigenvalue weighted by molar-refractivity contribution is 6.32. The second kappa shape index (κ2) is 8.26. The van der Waals surface area contributed by atoms with E-state index in [9.17, 15) is 14.4 Å². The minimum Gasteiger partial charge on any atom is -0.495 e. The van der Waals surface area contributed by atoms with Gasteiger partial charge in [0.1, 0.15) is 11.4 Å². The zero-order valence-electron chi connectivity index (χ0n) is 15.7. The van der Waals surface area contributed by atoms with E-state index >= 15 is 0 Å². The molecule has 0 saturated heterocycles. The number of anilines is 1. The van der Waals surface area contributed by atoms with Crippen LogP contribution >= 0.6 is 11.6 Å². The molecule has 0 spiro atoms. The first-order chi connectivity index (χ1) is 12.6. The summed E-state index contributed by atoms with van der Waals surface area (Å²) in [5.74, 6) is -0.897. The monoisotopic (exact) mass is 392 g/mol. The summed E-state index contributed by atoms with van der Waals surface area (Å²) in [5.41, 5.74) is 2.13. The molecule has 0 aliphatic heterocycles. The van der Waals surface area contributed by atoms with Crippen molar-refractivity contribution in [2.75, 3.05) is 12.4 Å². The molecule has 7 nitrogen and oxygen atoms in total. The zero-order valence-corrected chi connectivity index (χ0v) is 16.5. The summed E-state index contributed by atoms with van der Waals surface area (Å²) in [6.07, 6.45) is -1.05. The fraction of sp³-hybridized carbons (Fsp3) is 0.316. The maximum absolute atomic E-state index is 12.4. The van der Waals surface area contributed by atoms with Crippen LogP contribution in [0.25, 0.3) is 0 Å². The minimum absolute atomic E-state index is 0.150. The number of hydrogen-bond donors (Lipinski definition) is 2. The standard InChI is InChI=1S/C19H21ClN2O5/c1-9-16(11(3)23)10(2)21-17(9)19(25)27-12(4)18(24)22-13-6-7-15(26-5)14(20)8-13/h6-8,12,21H,1-5H3,(H,22,24)/t12-/m1/s1. The third-order valence-corrected chi connectivity index (χ3v) is 4.36. The quantitative estimate of drug-likeness (QED) is 0.577. The van der Waals surface area contributed by atoms with Crippen molar-refractivity contribution in [3.8, 4) is 5.75 Å². The van der Waals surface area contributed by atoms with E-state index in [1.807, 2.05) is 0 Å². The number of rotatable bonds is 6. The lowest BCUT2D eigenvalue weighted by Crippen LogP contribution is -2.30. The molecule has 27 heavy (non-hydrogen) atoms. The van der Waals surface area contributed by atoms with Gasteiger partial charge < -0.3 is 19.8 Å². The first kappa shape index (κ1) is 20.5. The van der Waals surface area contributed by atoms with E-state index in [2.05, 4.69) is 10.3 Å². The lowest BCUT2D eigenvalue weighted by atomic mass is 10.1. The van der Waals surface area contributed by atoms with Crippen LogP contribution in [0.5, 0.6) is 5.75 Å². The largest absolute Gasteiger partial charge is 0.495 e. The van der Waals surface area contributed by atoms with Gasteiger partial charge in [-0.15, -0.1) is 0 Å². The zero-order chi connectivity index (χ0) is 20.3.